The zero-order valence-electron chi connectivity index (χ0n) is 9.13. The van der Waals surface area contributed by atoms with Crippen LogP contribution < -0.4 is 0 Å². The fourth-order valence-corrected chi connectivity index (χ4v) is 1.01. The van der Waals surface area contributed by atoms with E-state index in [1.54, 1.807) is 13.8 Å². The van der Waals surface area contributed by atoms with E-state index in [1.165, 1.54) is 0 Å². The lowest BCUT2D eigenvalue weighted by molar-refractivity contribution is -0.160. The van der Waals surface area contributed by atoms with E-state index >= 15 is 0 Å². The molecule has 0 aromatic carbocycles. The predicted octanol–water partition coefficient (Wildman–Crippen LogP) is 1.74. The second kappa shape index (κ2) is 4.61. The summed E-state index contributed by atoms with van der Waals surface area (Å²) < 4.78 is 5.15. The standard InChI is InChI=1S/C10H20O3/c1-7(6-8(2)11)9(12)13-10(3,4)5/h7-8,11H,6H2,1-5H3/t7-,8+/m1/s1. The maximum Gasteiger partial charge on any atom is 0.309 e. The van der Waals surface area contributed by atoms with Crippen molar-refractivity contribution in [2.45, 2.75) is 52.7 Å². The van der Waals surface area contributed by atoms with Gasteiger partial charge in [-0.15, -0.1) is 0 Å². The molecule has 3 nitrogen and oxygen atoms in total. The van der Waals surface area contributed by atoms with Gasteiger partial charge in [0.05, 0.1) is 12.0 Å². The van der Waals surface area contributed by atoms with Gasteiger partial charge in [0, 0.05) is 0 Å². The number of hydrogen-bond donors (Lipinski definition) is 1. The average molecular weight is 188 g/mol. The van der Waals surface area contributed by atoms with Gasteiger partial charge in [0.2, 0.25) is 0 Å². The maximum atomic E-state index is 11.4. The molecule has 2 atom stereocenters. The summed E-state index contributed by atoms with van der Waals surface area (Å²) in [6, 6.07) is 0. The van der Waals surface area contributed by atoms with E-state index in [0.29, 0.717) is 6.42 Å². The first-order valence-corrected chi connectivity index (χ1v) is 4.63. The summed E-state index contributed by atoms with van der Waals surface area (Å²) in [6.45, 7) is 8.93. The minimum atomic E-state index is -0.456. The highest BCUT2D eigenvalue weighted by Crippen LogP contribution is 2.14. The average Bonchev–Trinajstić information content (AvgIpc) is 1.81. The molecule has 0 saturated heterocycles. The van der Waals surface area contributed by atoms with Gasteiger partial charge in [0.25, 0.3) is 0 Å². The van der Waals surface area contributed by atoms with Gasteiger partial charge in [0.15, 0.2) is 0 Å². The first-order valence-electron chi connectivity index (χ1n) is 4.63. The van der Waals surface area contributed by atoms with Crippen LogP contribution in [0.3, 0.4) is 0 Å². The van der Waals surface area contributed by atoms with Gasteiger partial charge in [-0.25, -0.2) is 0 Å². The summed E-state index contributed by atoms with van der Waals surface area (Å²) in [7, 11) is 0. The van der Waals surface area contributed by atoms with Crippen LogP contribution in [-0.4, -0.2) is 22.8 Å². The molecule has 0 spiro atoms. The summed E-state index contributed by atoms with van der Waals surface area (Å²) in [5.41, 5.74) is -0.440. The summed E-state index contributed by atoms with van der Waals surface area (Å²) in [6.07, 6.45) is -0.00271. The number of carbonyl (C=O) groups excluding carboxylic acids is 1. The highest BCUT2D eigenvalue weighted by atomic mass is 16.6. The monoisotopic (exact) mass is 188 g/mol. The van der Waals surface area contributed by atoms with Crippen LogP contribution in [0.25, 0.3) is 0 Å². The Kier molecular flexibility index (Phi) is 4.40. The van der Waals surface area contributed by atoms with Crippen molar-refractivity contribution in [3.05, 3.63) is 0 Å². The molecule has 0 fully saturated rings. The lowest BCUT2D eigenvalue weighted by Gasteiger charge is -2.22. The predicted molar refractivity (Wildman–Crippen MR) is 51.3 cm³/mol. The molecular weight excluding hydrogens is 168 g/mol. The summed E-state index contributed by atoms with van der Waals surface area (Å²) in [5.74, 6) is -0.479. The van der Waals surface area contributed by atoms with E-state index in [9.17, 15) is 4.79 Å². The van der Waals surface area contributed by atoms with Crippen molar-refractivity contribution in [3.63, 3.8) is 0 Å². The lowest BCUT2D eigenvalue weighted by Crippen LogP contribution is -2.28. The molecule has 3 heteroatoms. The largest absolute Gasteiger partial charge is 0.460 e. The zero-order valence-corrected chi connectivity index (χ0v) is 9.13. The molecule has 0 unspecified atom stereocenters. The first-order chi connectivity index (χ1) is 5.72. The zero-order chi connectivity index (χ0) is 10.6. The molecule has 0 aromatic rings. The van der Waals surface area contributed by atoms with Crippen molar-refractivity contribution in [2.75, 3.05) is 0 Å². The molecule has 0 aromatic heterocycles. The Balaban J connectivity index is 3.97. The smallest absolute Gasteiger partial charge is 0.309 e. The molecule has 0 saturated carbocycles. The molecule has 0 aliphatic rings. The van der Waals surface area contributed by atoms with Gasteiger partial charge in [0.1, 0.15) is 5.60 Å². The second-order valence-corrected chi connectivity index (χ2v) is 4.52. The number of rotatable bonds is 3. The van der Waals surface area contributed by atoms with Crippen molar-refractivity contribution >= 4 is 5.97 Å². The van der Waals surface area contributed by atoms with E-state index in [0.717, 1.165) is 0 Å². The van der Waals surface area contributed by atoms with E-state index < -0.39 is 11.7 Å². The number of aliphatic hydroxyl groups is 1. The molecule has 0 amide bonds. The van der Waals surface area contributed by atoms with E-state index in [1.807, 2.05) is 20.8 Å². The highest BCUT2D eigenvalue weighted by molar-refractivity contribution is 5.72. The summed E-state index contributed by atoms with van der Waals surface area (Å²) >= 11 is 0. The van der Waals surface area contributed by atoms with E-state index in [4.69, 9.17) is 9.84 Å². The Morgan fingerprint density at radius 1 is 1.38 bits per heavy atom. The normalized spacial score (nSPS) is 16.5. The maximum absolute atomic E-state index is 11.4. The minimum absolute atomic E-state index is 0.237. The van der Waals surface area contributed by atoms with Crippen molar-refractivity contribution in [1.82, 2.24) is 0 Å². The van der Waals surface area contributed by atoms with Crippen LogP contribution in [-0.2, 0) is 9.53 Å². The fraction of sp³-hybridized carbons (Fsp3) is 0.900. The van der Waals surface area contributed by atoms with Gasteiger partial charge in [-0.05, 0) is 34.1 Å². The third-order valence-corrected chi connectivity index (χ3v) is 1.50. The van der Waals surface area contributed by atoms with Crippen molar-refractivity contribution in [2.24, 2.45) is 5.92 Å². The molecule has 0 aliphatic carbocycles. The molecule has 78 valence electrons. The summed E-state index contributed by atoms with van der Waals surface area (Å²) in [5, 5.41) is 9.06. The molecule has 0 aliphatic heterocycles. The number of ether oxygens (including phenoxy) is 1. The Morgan fingerprint density at radius 3 is 2.15 bits per heavy atom. The molecular formula is C10H20O3. The van der Waals surface area contributed by atoms with Gasteiger partial charge < -0.3 is 9.84 Å². The summed E-state index contributed by atoms with van der Waals surface area (Å²) in [4.78, 5) is 11.4. The van der Waals surface area contributed by atoms with Gasteiger partial charge >= 0.3 is 5.97 Å². The molecule has 0 heterocycles. The van der Waals surface area contributed by atoms with Crippen LogP contribution in [0.5, 0.6) is 0 Å². The van der Waals surface area contributed by atoms with Crippen LogP contribution in [0.2, 0.25) is 0 Å². The third kappa shape index (κ3) is 6.58. The van der Waals surface area contributed by atoms with Gasteiger partial charge in [-0.2, -0.15) is 0 Å². The molecule has 13 heavy (non-hydrogen) atoms. The van der Waals surface area contributed by atoms with Gasteiger partial charge in [-0.3, -0.25) is 4.79 Å². The van der Waals surface area contributed by atoms with Crippen LogP contribution in [0.1, 0.15) is 41.0 Å². The number of esters is 1. The Bertz CT molecular complexity index is 167. The highest BCUT2D eigenvalue weighted by Gasteiger charge is 2.22. The quantitative estimate of drug-likeness (QED) is 0.686. The van der Waals surface area contributed by atoms with Crippen molar-refractivity contribution in [3.8, 4) is 0 Å². The second-order valence-electron chi connectivity index (χ2n) is 4.52. The van der Waals surface area contributed by atoms with Crippen LogP contribution in [0.15, 0.2) is 0 Å². The topological polar surface area (TPSA) is 46.5 Å². The number of hydrogen-bond acceptors (Lipinski definition) is 3. The molecule has 0 bridgehead atoms. The van der Waals surface area contributed by atoms with E-state index in [2.05, 4.69) is 0 Å². The van der Waals surface area contributed by atoms with Crippen LogP contribution in [0.4, 0.5) is 0 Å². The molecule has 1 N–H and O–H groups in total. The van der Waals surface area contributed by atoms with E-state index in [-0.39, 0.29) is 11.9 Å². The lowest BCUT2D eigenvalue weighted by atomic mass is 10.0. The van der Waals surface area contributed by atoms with Crippen molar-refractivity contribution in [1.29, 1.82) is 0 Å². The van der Waals surface area contributed by atoms with Gasteiger partial charge in [-0.1, -0.05) is 6.92 Å². The van der Waals surface area contributed by atoms with Crippen LogP contribution in [0, 0.1) is 5.92 Å². The number of carbonyl (C=O) groups is 1. The Labute approximate surface area is 80.1 Å². The minimum Gasteiger partial charge on any atom is -0.460 e. The Morgan fingerprint density at radius 2 is 1.85 bits per heavy atom. The Hall–Kier alpha value is -0.570. The fourth-order valence-electron chi connectivity index (χ4n) is 1.01. The molecule has 0 rings (SSSR count). The van der Waals surface area contributed by atoms with Crippen LogP contribution >= 0.6 is 0 Å². The number of aliphatic hydroxyl groups excluding tert-OH is 1. The molecule has 0 radical (unpaired) electrons. The van der Waals surface area contributed by atoms with Crippen molar-refractivity contribution < 1.29 is 14.6 Å². The SMILES string of the molecule is C[C@H](O)C[C@@H](C)C(=O)OC(C)(C)C. The first kappa shape index (κ1) is 12.4. The third-order valence-electron chi connectivity index (χ3n) is 1.50.